The van der Waals surface area contributed by atoms with E-state index < -0.39 is 11.5 Å². The third-order valence-electron chi connectivity index (χ3n) is 1.90. The van der Waals surface area contributed by atoms with Crippen LogP contribution in [0, 0.1) is 10.1 Å². The van der Waals surface area contributed by atoms with Crippen LogP contribution >= 0.6 is 0 Å². The molecule has 0 heterocycles. The molecule has 0 amide bonds. The summed E-state index contributed by atoms with van der Waals surface area (Å²) in [4.78, 5) is 29.0. The quantitative estimate of drug-likeness (QED) is 0.263. The smallest absolute Gasteiger partial charge is 0.281 e. The van der Waals surface area contributed by atoms with Crippen LogP contribution in [-0.4, -0.2) is 29.7 Å². The van der Waals surface area contributed by atoms with E-state index in [0.717, 1.165) is 0 Å². The number of ketones is 1. The largest absolute Gasteiger partial charge is 0.389 e. The average Bonchev–Trinajstić information content (AvgIpc) is 2.34. The zero-order valence-corrected chi connectivity index (χ0v) is 8.91. The Morgan fingerprint density at radius 2 is 2.06 bits per heavy atom. The first kappa shape index (κ1) is 12.8. The van der Waals surface area contributed by atoms with Gasteiger partial charge in [-0.2, -0.15) is 5.90 Å². The van der Waals surface area contributed by atoms with E-state index in [0.29, 0.717) is 5.56 Å². The fraction of sp³-hybridized carbons (Fsp3) is 0.200. The second-order valence-corrected chi connectivity index (χ2v) is 3.11. The molecule has 0 aliphatic carbocycles. The number of nitrogens with two attached hydrogens (primary N) is 1. The molecule has 0 saturated carbocycles. The van der Waals surface area contributed by atoms with E-state index in [1.54, 1.807) is 30.3 Å². The molecule has 0 aliphatic heterocycles. The fourth-order valence-corrected chi connectivity index (χ4v) is 1.11. The predicted octanol–water partition coefficient (Wildman–Crippen LogP) is 0.435. The normalized spacial score (nSPS) is 11.0. The molecule has 17 heavy (non-hydrogen) atoms. The third kappa shape index (κ3) is 4.39. The van der Waals surface area contributed by atoms with Crippen LogP contribution in [0.5, 0.6) is 0 Å². The number of rotatable bonds is 5. The van der Waals surface area contributed by atoms with E-state index in [-0.39, 0.29) is 18.2 Å². The monoisotopic (exact) mass is 237 g/mol. The molecule has 0 atom stereocenters. The van der Waals surface area contributed by atoms with E-state index in [1.165, 1.54) is 0 Å². The number of nitrogens with zero attached hydrogens (tertiary/aromatic N) is 2. The van der Waals surface area contributed by atoms with Crippen LogP contribution in [0.1, 0.15) is 10.4 Å². The lowest BCUT2D eigenvalue weighted by atomic mass is 10.1. The Labute approximate surface area is 97.0 Å². The van der Waals surface area contributed by atoms with Crippen LogP contribution in [0.15, 0.2) is 35.3 Å². The van der Waals surface area contributed by atoms with Crippen molar-refractivity contribution >= 4 is 11.7 Å². The van der Waals surface area contributed by atoms with Crippen molar-refractivity contribution in [3.63, 3.8) is 0 Å². The molecule has 0 fully saturated rings. The third-order valence-corrected chi connectivity index (χ3v) is 1.90. The van der Waals surface area contributed by atoms with E-state index in [2.05, 4.69) is 9.83 Å². The first-order valence-electron chi connectivity index (χ1n) is 4.73. The standard InChI is InChI=1S/C10H11N3O4/c11-17-10(7-13(15)16)12-6-9(14)8-4-2-1-3-5-8/h1-5H,6-7,11H2. The summed E-state index contributed by atoms with van der Waals surface area (Å²) in [5, 5.41) is 10.2. The highest BCUT2D eigenvalue weighted by atomic mass is 16.6. The van der Waals surface area contributed by atoms with Gasteiger partial charge in [-0.3, -0.25) is 14.9 Å². The molecule has 0 radical (unpaired) electrons. The van der Waals surface area contributed by atoms with Gasteiger partial charge in [0.1, 0.15) is 6.54 Å². The van der Waals surface area contributed by atoms with Crippen molar-refractivity contribution in [2.75, 3.05) is 13.1 Å². The van der Waals surface area contributed by atoms with Crippen molar-refractivity contribution < 1.29 is 14.6 Å². The highest BCUT2D eigenvalue weighted by Crippen LogP contribution is 2.00. The summed E-state index contributed by atoms with van der Waals surface area (Å²) in [5.74, 6) is 4.26. The zero-order valence-electron chi connectivity index (χ0n) is 8.91. The van der Waals surface area contributed by atoms with E-state index in [4.69, 9.17) is 5.90 Å². The molecule has 0 aliphatic rings. The average molecular weight is 237 g/mol. The molecule has 0 aromatic heterocycles. The van der Waals surface area contributed by atoms with Crippen molar-refractivity contribution in [1.82, 2.24) is 0 Å². The number of carbonyl (C=O) groups excluding carboxylic acids is 1. The molecule has 0 spiro atoms. The number of hydrogen-bond donors (Lipinski definition) is 1. The van der Waals surface area contributed by atoms with Crippen LogP contribution < -0.4 is 5.90 Å². The molecular weight excluding hydrogens is 226 g/mol. The van der Waals surface area contributed by atoms with Crippen molar-refractivity contribution in [3.05, 3.63) is 46.0 Å². The molecule has 1 aromatic carbocycles. The number of benzene rings is 1. The highest BCUT2D eigenvalue weighted by molar-refractivity contribution is 5.98. The second-order valence-electron chi connectivity index (χ2n) is 3.11. The van der Waals surface area contributed by atoms with Crippen LogP contribution in [0.4, 0.5) is 0 Å². The molecule has 7 nitrogen and oxygen atoms in total. The van der Waals surface area contributed by atoms with Gasteiger partial charge in [-0.05, 0) is 0 Å². The molecule has 0 saturated heterocycles. The summed E-state index contributed by atoms with van der Waals surface area (Å²) in [5.41, 5.74) is 0.480. The van der Waals surface area contributed by atoms with Crippen molar-refractivity contribution in [2.24, 2.45) is 10.9 Å². The molecular formula is C10H11N3O4. The van der Waals surface area contributed by atoms with Gasteiger partial charge in [-0.15, -0.1) is 0 Å². The lowest BCUT2D eigenvalue weighted by Crippen LogP contribution is -2.21. The lowest BCUT2D eigenvalue weighted by Gasteiger charge is -1.99. The summed E-state index contributed by atoms with van der Waals surface area (Å²) >= 11 is 0. The summed E-state index contributed by atoms with van der Waals surface area (Å²) in [6.45, 7) is -0.872. The van der Waals surface area contributed by atoms with Gasteiger partial charge in [0.2, 0.25) is 0 Å². The Hall–Kier alpha value is -2.28. The van der Waals surface area contributed by atoms with Gasteiger partial charge < -0.3 is 4.84 Å². The van der Waals surface area contributed by atoms with E-state index in [9.17, 15) is 14.9 Å². The minimum absolute atomic E-state index is 0.232. The van der Waals surface area contributed by atoms with Crippen molar-refractivity contribution in [2.45, 2.75) is 0 Å². The first-order valence-corrected chi connectivity index (χ1v) is 4.73. The Bertz CT molecular complexity index is 430. The van der Waals surface area contributed by atoms with Crippen molar-refractivity contribution in [3.8, 4) is 0 Å². The minimum Gasteiger partial charge on any atom is -0.389 e. The Balaban J connectivity index is 2.63. The number of carbonyl (C=O) groups is 1. The molecule has 2 N–H and O–H groups in total. The van der Waals surface area contributed by atoms with Crippen molar-refractivity contribution in [1.29, 1.82) is 0 Å². The number of nitro groups is 1. The van der Waals surface area contributed by atoms with Crippen LogP contribution in [0.2, 0.25) is 0 Å². The minimum atomic E-state index is -0.640. The van der Waals surface area contributed by atoms with Gasteiger partial charge in [0, 0.05) is 10.5 Å². The maximum atomic E-state index is 11.6. The Kier molecular flexibility index (Phi) is 4.77. The zero-order chi connectivity index (χ0) is 12.7. The molecule has 1 aromatic rings. The Morgan fingerprint density at radius 3 is 2.59 bits per heavy atom. The second kappa shape index (κ2) is 6.33. The van der Waals surface area contributed by atoms with E-state index >= 15 is 0 Å². The first-order chi connectivity index (χ1) is 8.13. The van der Waals surface area contributed by atoms with Gasteiger partial charge in [0.05, 0.1) is 0 Å². The van der Waals surface area contributed by atoms with Gasteiger partial charge in [-0.25, -0.2) is 4.99 Å². The highest BCUT2D eigenvalue weighted by Gasteiger charge is 2.10. The number of hydrogen-bond acceptors (Lipinski definition) is 6. The topological polar surface area (TPSA) is 108 Å². The molecule has 1 rings (SSSR count). The fourth-order valence-electron chi connectivity index (χ4n) is 1.11. The van der Waals surface area contributed by atoms with Crippen LogP contribution in [0.25, 0.3) is 0 Å². The Morgan fingerprint density at radius 1 is 1.41 bits per heavy atom. The van der Waals surface area contributed by atoms with Gasteiger partial charge in [0.25, 0.3) is 12.4 Å². The van der Waals surface area contributed by atoms with Gasteiger partial charge >= 0.3 is 0 Å². The van der Waals surface area contributed by atoms with Gasteiger partial charge in [-0.1, -0.05) is 30.3 Å². The predicted molar refractivity (Wildman–Crippen MR) is 60.2 cm³/mol. The molecule has 90 valence electrons. The molecule has 0 unspecified atom stereocenters. The van der Waals surface area contributed by atoms with Crippen LogP contribution in [0.3, 0.4) is 0 Å². The maximum Gasteiger partial charge on any atom is 0.281 e. The number of aliphatic imine (C=N–C) groups is 1. The lowest BCUT2D eigenvalue weighted by molar-refractivity contribution is -0.465. The maximum absolute atomic E-state index is 11.6. The summed E-state index contributed by atoms with van der Waals surface area (Å²) in [6.07, 6.45) is 0. The summed E-state index contributed by atoms with van der Waals surface area (Å²) < 4.78 is 0. The molecule has 7 heteroatoms. The summed E-state index contributed by atoms with van der Waals surface area (Å²) in [7, 11) is 0. The van der Waals surface area contributed by atoms with Crippen LogP contribution in [-0.2, 0) is 4.84 Å². The van der Waals surface area contributed by atoms with Gasteiger partial charge in [0.15, 0.2) is 5.78 Å². The summed E-state index contributed by atoms with van der Waals surface area (Å²) in [6, 6.07) is 8.48. The molecule has 0 bridgehead atoms. The SMILES string of the molecule is NOC(C[N+](=O)[O-])=NCC(=O)c1ccccc1. The number of Topliss-reactive ketones (excluding diaryl/α,β-unsaturated/α-hetero) is 1. The van der Waals surface area contributed by atoms with E-state index in [1.807, 2.05) is 0 Å².